The van der Waals surface area contributed by atoms with Crippen LogP contribution in [0.5, 0.6) is 0 Å². The molecule has 1 N–H and O–H groups in total. The molecule has 0 aromatic heterocycles. The number of nitrogens with zero attached hydrogens (tertiary/aromatic N) is 1. The van der Waals surface area contributed by atoms with E-state index in [1.54, 1.807) is 0 Å². The standard InChI is InChI=1S/C19H39N.CN/c1-3-5-6-7-8-9-10-11-13-17-20-18-14-12-16-19(20)15-4-2;1-2/h19H,3-18H2,1-2H3;/q;-1/p+1. The SMILES string of the molecule is CCCCCCCCCCC[NH+]1CCCCC1CCC.[C-]#N. The molecule has 1 aliphatic heterocycles. The Balaban J connectivity index is 0.00000211. The van der Waals surface area contributed by atoms with Crippen LogP contribution >= 0.6 is 0 Å². The minimum atomic E-state index is 1.00. The van der Waals surface area contributed by atoms with Crippen LogP contribution in [0, 0.1) is 11.8 Å². The Morgan fingerprint density at radius 2 is 1.41 bits per heavy atom. The maximum absolute atomic E-state index is 6.25. The van der Waals surface area contributed by atoms with Crippen LogP contribution < -0.4 is 4.90 Å². The molecule has 0 bridgehead atoms. The van der Waals surface area contributed by atoms with E-state index >= 15 is 0 Å². The van der Waals surface area contributed by atoms with E-state index in [2.05, 4.69) is 13.8 Å². The maximum atomic E-state index is 6.25. The number of likely N-dealkylation sites (tertiary alicyclic amines) is 1. The fourth-order valence-electron chi connectivity index (χ4n) is 3.84. The Morgan fingerprint density at radius 3 is 2.00 bits per heavy atom. The van der Waals surface area contributed by atoms with Crippen molar-refractivity contribution in [1.29, 1.82) is 5.26 Å². The second-order valence-corrected chi connectivity index (χ2v) is 6.97. The first-order valence-corrected chi connectivity index (χ1v) is 9.95. The summed E-state index contributed by atoms with van der Waals surface area (Å²) in [6.07, 6.45) is 20.5. The van der Waals surface area contributed by atoms with Crippen LogP contribution in [0.1, 0.15) is 104 Å². The molecular formula is C20H40N2. The third-order valence-corrected chi connectivity index (χ3v) is 5.12. The number of unbranched alkanes of at least 4 members (excludes halogenated alkanes) is 8. The number of hydrogen-bond acceptors (Lipinski definition) is 1. The predicted molar refractivity (Wildman–Crippen MR) is 95.4 cm³/mol. The molecule has 2 atom stereocenters. The topological polar surface area (TPSA) is 28.2 Å². The van der Waals surface area contributed by atoms with Gasteiger partial charge < -0.3 is 16.7 Å². The van der Waals surface area contributed by atoms with Crippen LogP contribution in [0.4, 0.5) is 0 Å². The number of hydrogen-bond donors (Lipinski definition) is 1. The zero-order chi connectivity index (χ0) is 16.5. The van der Waals surface area contributed by atoms with Crippen molar-refractivity contribution in [2.45, 2.75) is 110 Å². The van der Waals surface area contributed by atoms with Gasteiger partial charge in [0.2, 0.25) is 0 Å². The van der Waals surface area contributed by atoms with Gasteiger partial charge in [0, 0.05) is 0 Å². The minimum absolute atomic E-state index is 1.00. The van der Waals surface area contributed by atoms with Gasteiger partial charge in [0.05, 0.1) is 19.1 Å². The molecule has 2 unspecified atom stereocenters. The lowest BCUT2D eigenvalue weighted by molar-refractivity contribution is -0.931. The molecule has 1 fully saturated rings. The molecule has 1 aliphatic rings. The summed E-state index contributed by atoms with van der Waals surface area (Å²) in [4.78, 5) is 1.95. The van der Waals surface area contributed by atoms with Crippen molar-refractivity contribution >= 4 is 0 Å². The molecule has 2 heteroatoms. The third kappa shape index (κ3) is 11.1. The van der Waals surface area contributed by atoms with Crippen LogP contribution in [-0.4, -0.2) is 19.1 Å². The van der Waals surface area contributed by atoms with Crippen LogP contribution in [0.25, 0.3) is 0 Å². The molecule has 0 saturated carbocycles. The van der Waals surface area contributed by atoms with Gasteiger partial charge >= 0.3 is 0 Å². The second-order valence-electron chi connectivity index (χ2n) is 6.97. The van der Waals surface area contributed by atoms with E-state index in [1.807, 2.05) is 4.90 Å². The van der Waals surface area contributed by atoms with E-state index in [-0.39, 0.29) is 0 Å². The summed E-state index contributed by atoms with van der Waals surface area (Å²) in [5.74, 6) is 0. The fraction of sp³-hybridized carbons (Fsp3) is 0.950. The zero-order valence-corrected chi connectivity index (χ0v) is 15.3. The highest BCUT2D eigenvalue weighted by Gasteiger charge is 2.24. The Bertz CT molecular complexity index is 235. The molecule has 0 amide bonds. The highest BCUT2D eigenvalue weighted by molar-refractivity contribution is 4.61. The van der Waals surface area contributed by atoms with Crippen molar-refractivity contribution in [2.24, 2.45) is 0 Å². The summed E-state index contributed by atoms with van der Waals surface area (Å²) in [6, 6.07) is 1.00. The molecule has 0 aromatic rings. The summed E-state index contributed by atoms with van der Waals surface area (Å²) in [5.41, 5.74) is 0. The molecule has 0 spiro atoms. The molecule has 1 saturated heterocycles. The number of piperidine rings is 1. The highest BCUT2D eigenvalue weighted by Crippen LogP contribution is 2.10. The number of nitrogens with one attached hydrogen (secondary N) is 1. The van der Waals surface area contributed by atoms with Crippen molar-refractivity contribution in [1.82, 2.24) is 0 Å². The van der Waals surface area contributed by atoms with Gasteiger partial charge in [0.1, 0.15) is 0 Å². The summed E-state index contributed by atoms with van der Waals surface area (Å²) >= 11 is 0. The summed E-state index contributed by atoms with van der Waals surface area (Å²) in [6.45, 7) is 12.3. The van der Waals surface area contributed by atoms with E-state index in [0.717, 1.165) is 6.04 Å². The Morgan fingerprint density at radius 1 is 0.818 bits per heavy atom. The van der Waals surface area contributed by atoms with E-state index in [4.69, 9.17) is 11.8 Å². The predicted octanol–water partition coefficient (Wildman–Crippen LogP) is 4.85. The Labute approximate surface area is 140 Å². The van der Waals surface area contributed by atoms with Crippen molar-refractivity contribution < 1.29 is 4.90 Å². The second kappa shape index (κ2) is 16.8. The van der Waals surface area contributed by atoms with Gasteiger partial charge in [0.25, 0.3) is 0 Å². The first-order valence-electron chi connectivity index (χ1n) is 9.95. The first-order chi connectivity index (χ1) is 10.9. The lowest BCUT2D eigenvalue weighted by Crippen LogP contribution is -3.16. The zero-order valence-electron chi connectivity index (χ0n) is 15.3. The smallest absolute Gasteiger partial charge is 0.0874 e. The lowest BCUT2D eigenvalue weighted by atomic mass is 9.97. The van der Waals surface area contributed by atoms with E-state index < -0.39 is 0 Å². The van der Waals surface area contributed by atoms with Crippen LogP contribution in [0.3, 0.4) is 0 Å². The molecule has 2 nitrogen and oxygen atoms in total. The van der Waals surface area contributed by atoms with E-state index in [0.29, 0.717) is 0 Å². The van der Waals surface area contributed by atoms with Gasteiger partial charge in [-0.05, 0) is 38.5 Å². The summed E-state index contributed by atoms with van der Waals surface area (Å²) in [7, 11) is 0. The van der Waals surface area contributed by atoms with Gasteiger partial charge in [-0.2, -0.15) is 0 Å². The average molecular weight is 309 g/mol. The van der Waals surface area contributed by atoms with E-state index in [9.17, 15) is 0 Å². The quantitative estimate of drug-likeness (QED) is 0.405. The van der Waals surface area contributed by atoms with Crippen molar-refractivity contribution in [3.8, 4) is 0 Å². The normalized spacial score (nSPS) is 21.1. The fourth-order valence-corrected chi connectivity index (χ4v) is 3.84. The minimum Gasteiger partial charge on any atom is -0.512 e. The van der Waals surface area contributed by atoms with Crippen LogP contribution in [0.15, 0.2) is 0 Å². The average Bonchev–Trinajstić information content (AvgIpc) is 2.57. The molecule has 0 aromatic carbocycles. The van der Waals surface area contributed by atoms with Crippen molar-refractivity contribution in [3.63, 3.8) is 0 Å². The lowest BCUT2D eigenvalue weighted by Gasteiger charge is -2.32. The van der Waals surface area contributed by atoms with Gasteiger partial charge in [-0.25, -0.2) is 0 Å². The van der Waals surface area contributed by atoms with Gasteiger partial charge in [-0.1, -0.05) is 65.2 Å². The Hall–Kier alpha value is -0.550. The number of quaternary nitrogens is 1. The molecule has 22 heavy (non-hydrogen) atoms. The first kappa shape index (κ1) is 21.4. The van der Waals surface area contributed by atoms with Gasteiger partial charge in [-0.15, -0.1) is 0 Å². The van der Waals surface area contributed by atoms with Crippen molar-refractivity contribution in [2.75, 3.05) is 13.1 Å². The van der Waals surface area contributed by atoms with Crippen LogP contribution in [0.2, 0.25) is 0 Å². The Kier molecular flexibility index (Phi) is 16.4. The monoisotopic (exact) mass is 308 g/mol. The van der Waals surface area contributed by atoms with E-state index in [1.165, 1.54) is 103 Å². The summed E-state index contributed by atoms with van der Waals surface area (Å²) < 4.78 is 0. The van der Waals surface area contributed by atoms with Gasteiger partial charge in [-0.3, -0.25) is 0 Å². The van der Waals surface area contributed by atoms with Gasteiger partial charge in [0.15, 0.2) is 0 Å². The molecule has 1 rings (SSSR count). The molecule has 1 heterocycles. The molecule has 130 valence electrons. The van der Waals surface area contributed by atoms with Crippen molar-refractivity contribution in [3.05, 3.63) is 6.57 Å². The largest absolute Gasteiger partial charge is 0.512 e. The summed E-state index contributed by atoms with van der Waals surface area (Å²) in [5, 5.41) is 6.25. The highest BCUT2D eigenvalue weighted by atomic mass is 15.2. The maximum Gasteiger partial charge on any atom is 0.0874 e. The molecule has 0 radical (unpaired) electrons. The number of rotatable bonds is 12. The molecule has 0 aliphatic carbocycles. The third-order valence-electron chi connectivity index (χ3n) is 5.12. The molecular weight excluding hydrogens is 268 g/mol. The van der Waals surface area contributed by atoms with Crippen LogP contribution in [-0.2, 0) is 0 Å².